The number of anilines is 1. The molecule has 0 bridgehead atoms. The summed E-state index contributed by atoms with van der Waals surface area (Å²) < 4.78 is 0. The van der Waals surface area contributed by atoms with Gasteiger partial charge >= 0.3 is 0 Å². The van der Waals surface area contributed by atoms with Crippen molar-refractivity contribution in [2.24, 2.45) is 22.7 Å². The molecule has 0 heterocycles. The average Bonchev–Trinajstić information content (AvgIpc) is 2.32. The Morgan fingerprint density at radius 2 is 2.11 bits per heavy atom. The third-order valence-electron chi connectivity index (χ3n) is 2.83. The van der Waals surface area contributed by atoms with Crippen molar-refractivity contribution in [1.82, 2.24) is 0 Å². The van der Waals surface area contributed by atoms with Crippen molar-refractivity contribution in [3.63, 3.8) is 0 Å². The Morgan fingerprint density at radius 1 is 1.47 bits per heavy atom. The van der Waals surface area contributed by atoms with Crippen LogP contribution in [0.4, 0.5) is 5.69 Å². The maximum absolute atomic E-state index is 12.2. The average molecular weight is 284 g/mol. The van der Waals surface area contributed by atoms with Crippen LogP contribution in [-0.2, 0) is 4.79 Å². The van der Waals surface area contributed by atoms with E-state index in [2.05, 4.69) is 10.5 Å². The molecule has 0 aromatic heterocycles. The standard InChI is InChI=1S/C13H18ClN3O2/c1-7(2)11(12(15)17-19)13(18)16-10-5-4-9(14)6-8(10)3/h4-7,11,19H,1-3H3,(H2,15,17)(H,16,18). The number of halogens is 1. The summed E-state index contributed by atoms with van der Waals surface area (Å²) >= 11 is 5.85. The number of rotatable bonds is 4. The molecule has 0 spiro atoms. The second kappa shape index (κ2) is 6.43. The first-order valence-corrected chi connectivity index (χ1v) is 6.29. The molecule has 0 aliphatic heterocycles. The highest BCUT2D eigenvalue weighted by atomic mass is 35.5. The molecule has 1 aromatic carbocycles. The maximum Gasteiger partial charge on any atom is 0.235 e. The number of hydrogen-bond acceptors (Lipinski definition) is 3. The summed E-state index contributed by atoms with van der Waals surface area (Å²) in [6.45, 7) is 5.50. The minimum Gasteiger partial charge on any atom is -0.409 e. The first-order chi connectivity index (χ1) is 8.86. The molecule has 104 valence electrons. The number of nitrogens with one attached hydrogen (secondary N) is 1. The third-order valence-corrected chi connectivity index (χ3v) is 3.06. The molecular weight excluding hydrogens is 266 g/mol. The summed E-state index contributed by atoms with van der Waals surface area (Å²) in [4.78, 5) is 12.2. The van der Waals surface area contributed by atoms with Crippen LogP contribution in [-0.4, -0.2) is 17.0 Å². The largest absolute Gasteiger partial charge is 0.409 e. The second-order valence-corrected chi connectivity index (χ2v) is 5.13. The van der Waals surface area contributed by atoms with Gasteiger partial charge in [-0.25, -0.2) is 0 Å². The van der Waals surface area contributed by atoms with Crippen LogP contribution in [0.15, 0.2) is 23.4 Å². The lowest BCUT2D eigenvalue weighted by Crippen LogP contribution is -2.38. The zero-order chi connectivity index (χ0) is 14.6. The Labute approximate surface area is 117 Å². The molecule has 0 saturated heterocycles. The summed E-state index contributed by atoms with van der Waals surface area (Å²) in [5, 5.41) is 15.0. The van der Waals surface area contributed by atoms with E-state index in [0.29, 0.717) is 10.7 Å². The van der Waals surface area contributed by atoms with Crippen LogP contribution in [0, 0.1) is 18.8 Å². The molecule has 1 atom stereocenters. The van der Waals surface area contributed by atoms with Crippen molar-refractivity contribution in [2.75, 3.05) is 5.32 Å². The molecule has 0 aliphatic rings. The molecule has 5 nitrogen and oxygen atoms in total. The number of oxime groups is 1. The van der Waals surface area contributed by atoms with Gasteiger partial charge in [-0.15, -0.1) is 0 Å². The van der Waals surface area contributed by atoms with Gasteiger partial charge in [0.15, 0.2) is 5.84 Å². The summed E-state index contributed by atoms with van der Waals surface area (Å²) in [7, 11) is 0. The van der Waals surface area contributed by atoms with Crippen molar-refractivity contribution in [1.29, 1.82) is 0 Å². The van der Waals surface area contributed by atoms with Gasteiger partial charge in [0.05, 0.1) is 0 Å². The first kappa shape index (κ1) is 15.3. The smallest absolute Gasteiger partial charge is 0.235 e. The first-order valence-electron chi connectivity index (χ1n) is 5.91. The molecule has 6 heteroatoms. The highest BCUT2D eigenvalue weighted by molar-refractivity contribution is 6.30. The van der Waals surface area contributed by atoms with Crippen LogP contribution in [0.2, 0.25) is 5.02 Å². The maximum atomic E-state index is 12.2. The van der Waals surface area contributed by atoms with Crippen LogP contribution in [0.3, 0.4) is 0 Å². The topological polar surface area (TPSA) is 87.7 Å². The fourth-order valence-corrected chi connectivity index (χ4v) is 2.05. The molecule has 1 aromatic rings. The van der Waals surface area contributed by atoms with Gasteiger partial charge in [-0.1, -0.05) is 30.6 Å². The van der Waals surface area contributed by atoms with Gasteiger partial charge < -0.3 is 16.3 Å². The summed E-state index contributed by atoms with van der Waals surface area (Å²) in [6.07, 6.45) is 0. The van der Waals surface area contributed by atoms with Crippen LogP contribution in [0.1, 0.15) is 19.4 Å². The van der Waals surface area contributed by atoms with Crippen molar-refractivity contribution in [2.45, 2.75) is 20.8 Å². The van der Waals surface area contributed by atoms with Gasteiger partial charge in [0.1, 0.15) is 5.92 Å². The second-order valence-electron chi connectivity index (χ2n) is 4.70. The van der Waals surface area contributed by atoms with E-state index in [0.717, 1.165) is 5.56 Å². The highest BCUT2D eigenvalue weighted by Crippen LogP contribution is 2.21. The Bertz CT molecular complexity index is 501. The lowest BCUT2D eigenvalue weighted by molar-refractivity contribution is -0.119. The molecule has 19 heavy (non-hydrogen) atoms. The fourth-order valence-electron chi connectivity index (χ4n) is 1.82. The molecule has 1 amide bonds. The summed E-state index contributed by atoms with van der Waals surface area (Å²) in [5.41, 5.74) is 7.06. The van der Waals surface area contributed by atoms with Crippen molar-refractivity contribution < 1.29 is 10.0 Å². The number of nitrogens with two attached hydrogens (primary N) is 1. The van der Waals surface area contributed by atoms with Gasteiger partial charge in [-0.3, -0.25) is 4.79 Å². The number of carbonyl (C=O) groups excluding carboxylic acids is 1. The molecule has 0 fully saturated rings. The van der Waals surface area contributed by atoms with Crippen LogP contribution in [0.25, 0.3) is 0 Å². The van der Waals surface area contributed by atoms with Crippen molar-refractivity contribution in [3.8, 4) is 0 Å². The van der Waals surface area contributed by atoms with Gasteiger partial charge in [0.2, 0.25) is 5.91 Å². The van der Waals surface area contributed by atoms with Crippen molar-refractivity contribution >= 4 is 29.0 Å². The Balaban J connectivity index is 2.94. The monoisotopic (exact) mass is 283 g/mol. The van der Waals surface area contributed by atoms with E-state index in [1.165, 1.54) is 0 Å². The van der Waals surface area contributed by atoms with E-state index in [1.54, 1.807) is 18.2 Å². The third kappa shape index (κ3) is 3.86. The number of amidine groups is 1. The Morgan fingerprint density at radius 3 is 2.58 bits per heavy atom. The zero-order valence-corrected chi connectivity index (χ0v) is 11.9. The molecule has 0 radical (unpaired) electrons. The predicted molar refractivity (Wildman–Crippen MR) is 76.6 cm³/mol. The quantitative estimate of drug-likeness (QED) is 0.343. The van der Waals surface area contributed by atoms with Crippen molar-refractivity contribution in [3.05, 3.63) is 28.8 Å². The minimum absolute atomic E-state index is 0.0801. The number of amides is 1. The van der Waals surface area contributed by atoms with E-state index >= 15 is 0 Å². The van der Waals surface area contributed by atoms with E-state index < -0.39 is 5.92 Å². The molecular formula is C13H18ClN3O2. The number of aryl methyl sites for hydroxylation is 1. The lowest BCUT2D eigenvalue weighted by atomic mass is 9.93. The molecule has 1 unspecified atom stereocenters. The van der Waals surface area contributed by atoms with E-state index in [4.69, 9.17) is 22.5 Å². The molecule has 4 N–H and O–H groups in total. The summed E-state index contributed by atoms with van der Waals surface area (Å²) in [6, 6.07) is 5.17. The van der Waals surface area contributed by atoms with Crippen LogP contribution in [0.5, 0.6) is 0 Å². The predicted octanol–water partition coefficient (Wildman–Crippen LogP) is 2.61. The zero-order valence-electron chi connectivity index (χ0n) is 11.1. The number of carbonyl (C=O) groups is 1. The van der Waals surface area contributed by atoms with Gasteiger partial charge in [0, 0.05) is 10.7 Å². The fraction of sp³-hybridized carbons (Fsp3) is 0.385. The van der Waals surface area contributed by atoms with Gasteiger partial charge in [-0.05, 0) is 36.6 Å². The van der Waals surface area contributed by atoms with Crippen LogP contribution < -0.4 is 11.1 Å². The Hall–Kier alpha value is -1.75. The highest BCUT2D eigenvalue weighted by Gasteiger charge is 2.27. The van der Waals surface area contributed by atoms with E-state index in [1.807, 2.05) is 20.8 Å². The van der Waals surface area contributed by atoms with Gasteiger partial charge in [0.25, 0.3) is 0 Å². The Kier molecular flexibility index (Phi) is 5.18. The molecule has 1 rings (SSSR count). The van der Waals surface area contributed by atoms with Crippen LogP contribution >= 0.6 is 11.6 Å². The van der Waals surface area contributed by atoms with Gasteiger partial charge in [-0.2, -0.15) is 0 Å². The number of nitrogens with zero attached hydrogens (tertiary/aromatic N) is 1. The number of hydrogen-bond donors (Lipinski definition) is 3. The SMILES string of the molecule is Cc1cc(Cl)ccc1NC(=O)C(C(N)=NO)C(C)C. The lowest BCUT2D eigenvalue weighted by Gasteiger charge is -2.19. The number of benzene rings is 1. The minimum atomic E-state index is -0.680. The molecule has 0 aliphatic carbocycles. The molecule has 0 saturated carbocycles. The summed E-state index contributed by atoms with van der Waals surface area (Å²) in [5.74, 6) is -1.17. The van der Waals surface area contributed by atoms with E-state index in [9.17, 15) is 4.79 Å². The normalized spacial score (nSPS) is 13.4. The van der Waals surface area contributed by atoms with E-state index in [-0.39, 0.29) is 17.7 Å².